The molecule has 0 saturated heterocycles. The van der Waals surface area contributed by atoms with Gasteiger partial charge in [-0.05, 0) is 52.7 Å². The molecule has 2 aromatic heterocycles. The minimum absolute atomic E-state index is 0.187. The average molecular weight is 360 g/mol. The van der Waals surface area contributed by atoms with E-state index < -0.39 is 0 Å². The van der Waals surface area contributed by atoms with Gasteiger partial charge in [0.2, 0.25) is 0 Å². The fourth-order valence-electron chi connectivity index (χ4n) is 2.81. The fraction of sp³-hybridized carbons (Fsp3) is 0.556. The summed E-state index contributed by atoms with van der Waals surface area (Å²) in [6.07, 6.45) is 3.78. The van der Waals surface area contributed by atoms with Crippen molar-refractivity contribution in [1.82, 2.24) is 30.2 Å². The molecular weight excluding hydrogens is 332 g/mol. The van der Waals surface area contributed by atoms with Crippen LogP contribution in [0.3, 0.4) is 0 Å². The second-order valence-corrected chi connectivity index (χ2v) is 6.56. The number of nitrogens with one attached hydrogen (secondary N) is 2. The molecule has 0 spiro atoms. The molecule has 8 heteroatoms. The molecule has 0 atom stereocenters. The molecular formula is C18H28N6O2. The highest BCUT2D eigenvalue weighted by Crippen LogP contribution is 2.03. The van der Waals surface area contributed by atoms with Gasteiger partial charge in [0.15, 0.2) is 0 Å². The van der Waals surface area contributed by atoms with Gasteiger partial charge in [-0.2, -0.15) is 19.6 Å². The number of nitrogens with zero attached hydrogens (tertiary/aromatic N) is 4. The van der Waals surface area contributed by atoms with Crippen molar-refractivity contribution in [3.05, 3.63) is 34.9 Å². The van der Waals surface area contributed by atoms with E-state index in [-0.39, 0.29) is 12.1 Å². The predicted octanol–water partition coefficient (Wildman–Crippen LogP) is 2.69. The summed E-state index contributed by atoms with van der Waals surface area (Å²) in [5.74, 6) is 0. The summed E-state index contributed by atoms with van der Waals surface area (Å²) in [5.41, 5.74) is 3.33. The van der Waals surface area contributed by atoms with Crippen molar-refractivity contribution in [2.45, 2.75) is 53.4 Å². The monoisotopic (exact) mass is 360 g/mol. The van der Waals surface area contributed by atoms with Crippen molar-refractivity contribution in [3.63, 3.8) is 0 Å². The summed E-state index contributed by atoms with van der Waals surface area (Å²) in [5, 5.41) is 14.1. The molecule has 0 fully saturated rings. The molecule has 2 heterocycles. The molecule has 0 aliphatic carbocycles. The van der Waals surface area contributed by atoms with Crippen LogP contribution in [0.25, 0.3) is 0 Å². The van der Waals surface area contributed by atoms with E-state index in [0.717, 1.165) is 48.5 Å². The molecule has 0 aliphatic heterocycles. The van der Waals surface area contributed by atoms with Crippen molar-refractivity contribution in [2.75, 3.05) is 13.1 Å². The van der Waals surface area contributed by atoms with Crippen LogP contribution in [0.15, 0.2) is 12.1 Å². The van der Waals surface area contributed by atoms with Crippen LogP contribution >= 0.6 is 0 Å². The zero-order chi connectivity index (χ0) is 19.1. The lowest BCUT2D eigenvalue weighted by Crippen LogP contribution is -2.31. The highest BCUT2D eigenvalue weighted by atomic mass is 16.2. The summed E-state index contributed by atoms with van der Waals surface area (Å²) in [6, 6.07) is 3.38. The van der Waals surface area contributed by atoms with Crippen LogP contribution in [-0.4, -0.2) is 44.7 Å². The fourth-order valence-corrected chi connectivity index (χ4v) is 2.81. The third kappa shape index (κ3) is 5.44. The van der Waals surface area contributed by atoms with Gasteiger partial charge < -0.3 is 10.6 Å². The zero-order valence-electron chi connectivity index (χ0n) is 16.0. The van der Waals surface area contributed by atoms with Crippen LogP contribution in [0.5, 0.6) is 0 Å². The summed E-state index contributed by atoms with van der Waals surface area (Å²) in [6.45, 7) is 8.69. The first-order chi connectivity index (χ1) is 12.4. The largest absolute Gasteiger partial charge is 0.342 e. The molecule has 142 valence electrons. The standard InChI is InChI=1S/C18H28N6O2/c1-13-11-15(3)23(21-13)17(25)19-9-7-5-6-8-10-20-18(26)24-16(4)12-14(2)22-24/h11-12H,5-10H2,1-4H3,(H,19,25)(H,20,26). The second-order valence-electron chi connectivity index (χ2n) is 6.56. The molecule has 0 aliphatic rings. The van der Waals surface area contributed by atoms with Crippen molar-refractivity contribution < 1.29 is 9.59 Å². The Kier molecular flexibility index (Phi) is 6.94. The minimum Gasteiger partial charge on any atom is -0.336 e. The van der Waals surface area contributed by atoms with Gasteiger partial charge in [0, 0.05) is 24.5 Å². The molecule has 0 bridgehead atoms. The number of rotatable bonds is 7. The van der Waals surface area contributed by atoms with Crippen LogP contribution < -0.4 is 10.6 Å². The molecule has 0 aromatic carbocycles. The summed E-state index contributed by atoms with van der Waals surface area (Å²) >= 11 is 0. The predicted molar refractivity (Wildman–Crippen MR) is 99.5 cm³/mol. The first-order valence-electron chi connectivity index (χ1n) is 9.01. The van der Waals surface area contributed by atoms with E-state index in [9.17, 15) is 9.59 Å². The van der Waals surface area contributed by atoms with Crippen LogP contribution in [0.1, 0.15) is 48.5 Å². The van der Waals surface area contributed by atoms with Gasteiger partial charge in [-0.15, -0.1) is 0 Å². The smallest absolute Gasteiger partial charge is 0.336 e. The number of carbonyl (C=O) groups excluding carboxylic acids is 2. The van der Waals surface area contributed by atoms with Gasteiger partial charge in [-0.1, -0.05) is 12.8 Å². The van der Waals surface area contributed by atoms with E-state index in [1.807, 2.05) is 39.8 Å². The van der Waals surface area contributed by atoms with Gasteiger partial charge >= 0.3 is 12.1 Å². The van der Waals surface area contributed by atoms with Crippen molar-refractivity contribution in [2.24, 2.45) is 0 Å². The number of amides is 2. The van der Waals surface area contributed by atoms with E-state index in [4.69, 9.17) is 0 Å². The number of aryl methyl sites for hydroxylation is 4. The Morgan fingerprint density at radius 3 is 1.46 bits per heavy atom. The maximum Gasteiger partial charge on any atom is 0.342 e. The van der Waals surface area contributed by atoms with Crippen LogP contribution in [0.4, 0.5) is 9.59 Å². The number of carbonyl (C=O) groups is 2. The van der Waals surface area contributed by atoms with Crippen molar-refractivity contribution in [3.8, 4) is 0 Å². The number of hydrogen-bond acceptors (Lipinski definition) is 4. The Labute approximate surface area is 154 Å². The number of unbranched alkanes of at least 4 members (excludes halogenated alkanes) is 3. The van der Waals surface area contributed by atoms with Gasteiger partial charge in [-0.25, -0.2) is 9.59 Å². The van der Waals surface area contributed by atoms with E-state index in [1.165, 1.54) is 9.36 Å². The van der Waals surface area contributed by atoms with Gasteiger partial charge in [0.05, 0.1) is 11.4 Å². The molecule has 0 radical (unpaired) electrons. The Hall–Kier alpha value is -2.64. The lowest BCUT2D eigenvalue weighted by molar-refractivity contribution is 0.237. The zero-order valence-corrected chi connectivity index (χ0v) is 16.0. The molecule has 2 N–H and O–H groups in total. The quantitative estimate of drug-likeness (QED) is 0.742. The van der Waals surface area contributed by atoms with Crippen LogP contribution in [-0.2, 0) is 0 Å². The summed E-state index contributed by atoms with van der Waals surface area (Å²) in [4.78, 5) is 24.0. The third-order valence-corrected chi connectivity index (χ3v) is 4.06. The lowest BCUT2D eigenvalue weighted by Gasteiger charge is -2.07. The number of hydrogen-bond donors (Lipinski definition) is 2. The maximum atomic E-state index is 12.0. The van der Waals surface area contributed by atoms with Crippen LogP contribution in [0.2, 0.25) is 0 Å². The van der Waals surface area contributed by atoms with Gasteiger partial charge in [0.25, 0.3) is 0 Å². The average Bonchev–Trinajstić information content (AvgIpc) is 3.10. The van der Waals surface area contributed by atoms with E-state index in [0.29, 0.717) is 13.1 Å². The normalized spacial score (nSPS) is 10.8. The second kappa shape index (κ2) is 9.17. The summed E-state index contributed by atoms with van der Waals surface area (Å²) < 4.78 is 2.79. The third-order valence-electron chi connectivity index (χ3n) is 4.06. The SMILES string of the molecule is Cc1cc(C)n(C(=O)NCCCCCCNC(=O)n2nc(C)cc2C)n1. The van der Waals surface area contributed by atoms with Gasteiger partial charge in [0.1, 0.15) is 0 Å². The highest BCUT2D eigenvalue weighted by Gasteiger charge is 2.09. The van der Waals surface area contributed by atoms with E-state index in [1.54, 1.807) is 0 Å². The maximum absolute atomic E-state index is 12.0. The summed E-state index contributed by atoms with van der Waals surface area (Å²) in [7, 11) is 0. The van der Waals surface area contributed by atoms with Gasteiger partial charge in [-0.3, -0.25) is 0 Å². The first-order valence-corrected chi connectivity index (χ1v) is 9.01. The lowest BCUT2D eigenvalue weighted by atomic mass is 10.2. The molecule has 2 amide bonds. The molecule has 0 saturated carbocycles. The topological polar surface area (TPSA) is 93.8 Å². The van der Waals surface area contributed by atoms with Crippen molar-refractivity contribution in [1.29, 1.82) is 0 Å². The van der Waals surface area contributed by atoms with E-state index >= 15 is 0 Å². The Morgan fingerprint density at radius 1 is 0.769 bits per heavy atom. The molecule has 8 nitrogen and oxygen atoms in total. The first kappa shape index (κ1) is 19.7. The minimum atomic E-state index is -0.187. The molecule has 0 unspecified atom stereocenters. The molecule has 2 rings (SSSR count). The molecule has 2 aromatic rings. The highest BCUT2D eigenvalue weighted by molar-refractivity contribution is 5.76. The Morgan fingerprint density at radius 2 is 1.15 bits per heavy atom. The number of aromatic nitrogens is 4. The molecule has 26 heavy (non-hydrogen) atoms. The van der Waals surface area contributed by atoms with Crippen LogP contribution in [0, 0.1) is 27.7 Å². The van der Waals surface area contributed by atoms with E-state index in [2.05, 4.69) is 20.8 Å². The Bertz CT molecular complexity index is 698. The Balaban J connectivity index is 1.54. The van der Waals surface area contributed by atoms with Crippen molar-refractivity contribution >= 4 is 12.1 Å².